The fourth-order valence-electron chi connectivity index (χ4n) is 1.80. The topological polar surface area (TPSA) is 79.1 Å². The Balaban J connectivity index is 2.16. The summed E-state index contributed by atoms with van der Waals surface area (Å²) in [7, 11) is 1.32. The van der Waals surface area contributed by atoms with Crippen LogP contribution < -0.4 is 0 Å². The molecule has 3 heterocycles. The van der Waals surface area contributed by atoms with E-state index in [9.17, 15) is 4.79 Å². The van der Waals surface area contributed by atoms with Crippen molar-refractivity contribution >= 4 is 5.97 Å². The number of hydrogen-bond acceptors (Lipinski definition) is 6. The summed E-state index contributed by atoms with van der Waals surface area (Å²) >= 11 is 0. The minimum atomic E-state index is -0.486. The number of nitrogens with zero attached hydrogens (tertiary/aromatic N) is 4. The van der Waals surface area contributed by atoms with Crippen molar-refractivity contribution in [3.8, 4) is 5.95 Å². The number of carbonyl (C=O) groups excluding carboxylic acids is 1. The molecule has 7 nitrogen and oxygen atoms in total. The summed E-state index contributed by atoms with van der Waals surface area (Å²) in [6, 6.07) is 0. The fraction of sp³-hybridized carbons (Fsp3) is 0.273. The van der Waals surface area contributed by atoms with Crippen LogP contribution in [0.5, 0.6) is 0 Å². The summed E-state index contributed by atoms with van der Waals surface area (Å²) in [5.74, 6) is -0.0994. The molecule has 0 saturated carbocycles. The zero-order chi connectivity index (χ0) is 12.5. The van der Waals surface area contributed by atoms with Gasteiger partial charge in [0.05, 0.1) is 26.0 Å². The van der Waals surface area contributed by atoms with Crippen LogP contribution in [0.25, 0.3) is 5.95 Å². The highest BCUT2D eigenvalue weighted by Gasteiger charge is 2.24. The molecule has 2 aromatic heterocycles. The number of methoxy groups -OCH3 is 1. The highest BCUT2D eigenvalue weighted by Crippen LogP contribution is 2.22. The third-order valence-electron chi connectivity index (χ3n) is 2.68. The Morgan fingerprint density at radius 2 is 2.33 bits per heavy atom. The average Bonchev–Trinajstić information content (AvgIpc) is 3.06. The van der Waals surface area contributed by atoms with E-state index in [2.05, 4.69) is 15.0 Å². The van der Waals surface area contributed by atoms with Gasteiger partial charge < -0.3 is 9.47 Å². The molecule has 1 aliphatic rings. The molecule has 92 valence electrons. The van der Waals surface area contributed by atoms with E-state index >= 15 is 0 Å². The molecule has 0 spiro atoms. The van der Waals surface area contributed by atoms with Gasteiger partial charge in [0.2, 0.25) is 5.95 Å². The lowest BCUT2D eigenvalue weighted by Gasteiger charge is -2.07. The van der Waals surface area contributed by atoms with Gasteiger partial charge in [-0.1, -0.05) is 0 Å². The standard InChI is InChI=1S/C11H10N4O3/c1-17-10(16)9-7-4-18-5-8(7)13-11(14-9)15-3-2-12-6-15/h2-3,6H,4-5H2,1H3. The fourth-order valence-corrected chi connectivity index (χ4v) is 1.80. The summed E-state index contributed by atoms with van der Waals surface area (Å²) in [6.07, 6.45) is 4.89. The second-order valence-corrected chi connectivity index (χ2v) is 3.75. The van der Waals surface area contributed by atoms with E-state index in [1.54, 1.807) is 23.3 Å². The Labute approximate surface area is 102 Å². The number of esters is 1. The number of hydrogen-bond donors (Lipinski definition) is 0. The number of fused-ring (bicyclic) bond motifs is 1. The molecule has 0 atom stereocenters. The maximum absolute atomic E-state index is 11.7. The van der Waals surface area contributed by atoms with Gasteiger partial charge in [0.1, 0.15) is 6.33 Å². The quantitative estimate of drug-likeness (QED) is 0.717. The van der Waals surface area contributed by atoms with E-state index in [4.69, 9.17) is 9.47 Å². The molecule has 0 N–H and O–H groups in total. The molecule has 0 amide bonds. The number of aromatic nitrogens is 4. The summed E-state index contributed by atoms with van der Waals surface area (Å²) in [5, 5.41) is 0. The SMILES string of the molecule is COC(=O)c1nc(-n2ccnc2)nc2c1COC2. The summed E-state index contributed by atoms with van der Waals surface area (Å²) < 4.78 is 11.6. The number of carbonyl (C=O) groups is 1. The third-order valence-corrected chi connectivity index (χ3v) is 2.68. The van der Waals surface area contributed by atoms with Crippen LogP contribution >= 0.6 is 0 Å². The van der Waals surface area contributed by atoms with Gasteiger partial charge in [0.25, 0.3) is 0 Å². The van der Waals surface area contributed by atoms with Gasteiger partial charge in [-0.15, -0.1) is 0 Å². The van der Waals surface area contributed by atoms with Crippen LogP contribution in [-0.2, 0) is 22.7 Å². The lowest BCUT2D eigenvalue weighted by molar-refractivity contribution is 0.0589. The Bertz CT molecular complexity index is 595. The summed E-state index contributed by atoms with van der Waals surface area (Å²) in [6.45, 7) is 0.716. The average molecular weight is 246 g/mol. The van der Waals surface area contributed by atoms with Gasteiger partial charge >= 0.3 is 5.97 Å². The van der Waals surface area contributed by atoms with Crippen molar-refractivity contribution in [1.82, 2.24) is 19.5 Å². The lowest BCUT2D eigenvalue weighted by Crippen LogP contribution is -2.13. The Hall–Kier alpha value is -2.28. The van der Waals surface area contributed by atoms with Crippen LogP contribution in [0.1, 0.15) is 21.7 Å². The van der Waals surface area contributed by atoms with E-state index in [-0.39, 0.29) is 5.69 Å². The van der Waals surface area contributed by atoms with Crippen LogP contribution in [0.4, 0.5) is 0 Å². The van der Waals surface area contributed by atoms with Crippen molar-refractivity contribution in [2.75, 3.05) is 7.11 Å². The highest BCUT2D eigenvalue weighted by molar-refractivity contribution is 5.89. The number of imidazole rings is 1. The first-order valence-corrected chi connectivity index (χ1v) is 5.34. The lowest BCUT2D eigenvalue weighted by atomic mass is 10.2. The Kier molecular flexibility index (Phi) is 2.52. The van der Waals surface area contributed by atoms with Crippen molar-refractivity contribution in [3.05, 3.63) is 35.7 Å². The predicted molar refractivity (Wildman–Crippen MR) is 59.0 cm³/mol. The first-order chi connectivity index (χ1) is 8.79. The monoisotopic (exact) mass is 246 g/mol. The molecule has 7 heteroatoms. The summed E-state index contributed by atoms with van der Waals surface area (Å²) in [5.41, 5.74) is 1.67. The van der Waals surface area contributed by atoms with Crippen LogP contribution in [0.3, 0.4) is 0 Å². The molecule has 2 aromatic rings. The molecule has 0 bridgehead atoms. The highest BCUT2D eigenvalue weighted by atomic mass is 16.5. The smallest absolute Gasteiger partial charge is 0.357 e. The molecule has 0 aromatic carbocycles. The maximum atomic E-state index is 11.7. The van der Waals surface area contributed by atoms with Gasteiger partial charge in [-0.2, -0.15) is 0 Å². The number of rotatable bonds is 2. The van der Waals surface area contributed by atoms with E-state index in [0.29, 0.717) is 30.4 Å². The predicted octanol–water partition coefficient (Wildman–Crippen LogP) is 0.479. The molecule has 0 saturated heterocycles. The molecule has 3 rings (SSSR count). The first kappa shape index (κ1) is 10.8. The van der Waals surface area contributed by atoms with Crippen LogP contribution in [0, 0.1) is 0 Å². The normalized spacial score (nSPS) is 13.4. The number of ether oxygens (including phenoxy) is 2. The molecule has 0 unspecified atom stereocenters. The van der Waals surface area contributed by atoms with Gasteiger partial charge in [0, 0.05) is 18.0 Å². The zero-order valence-electron chi connectivity index (χ0n) is 9.66. The Morgan fingerprint density at radius 1 is 1.44 bits per heavy atom. The summed E-state index contributed by atoms with van der Waals surface area (Å²) in [4.78, 5) is 24.2. The van der Waals surface area contributed by atoms with Gasteiger partial charge in [0.15, 0.2) is 5.69 Å². The van der Waals surface area contributed by atoms with Crippen molar-refractivity contribution in [1.29, 1.82) is 0 Å². The molecular weight excluding hydrogens is 236 g/mol. The zero-order valence-corrected chi connectivity index (χ0v) is 9.66. The molecule has 1 aliphatic heterocycles. The van der Waals surface area contributed by atoms with E-state index < -0.39 is 5.97 Å². The van der Waals surface area contributed by atoms with Gasteiger partial charge in [-0.3, -0.25) is 4.57 Å². The molecule has 0 radical (unpaired) electrons. The van der Waals surface area contributed by atoms with Crippen molar-refractivity contribution in [2.24, 2.45) is 0 Å². The van der Waals surface area contributed by atoms with Crippen molar-refractivity contribution in [2.45, 2.75) is 13.2 Å². The first-order valence-electron chi connectivity index (χ1n) is 5.34. The van der Waals surface area contributed by atoms with Crippen molar-refractivity contribution < 1.29 is 14.3 Å². The van der Waals surface area contributed by atoms with E-state index in [1.165, 1.54) is 7.11 Å². The van der Waals surface area contributed by atoms with Crippen LogP contribution in [0.2, 0.25) is 0 Å². The maximum Gasteiger partial charge on any atom is 0.357 e. The molecule has 18 heavy (non-hydrogen) atoms. The van der Waals surface area contributed by atoms with E-state index in [1.807, 2.05) is 0 Å². The van der Waals surface area contributed by atoms with Crippen LogP contribution in [-0.4, -0.2) is 32.6 Å². The largest absolute Gasteiger partial charge is 0.464 e. The Morgan fingerprint density at radius 3 is 3.06 bits per heavy atom. The third kappa shape index (κ3) is 1.65. The minimum Gasteiger partial charge on any atom is -0.464 e. The van der Waals surface area contributed by atoms with Crippen LogP contribution in [0.15, 0.2) is 18.7 Å². The minimum absolute atomic E-state index is 0.253. The van der Waals surface area contributed by atoms with Gasteiger partial charge in [-0.05, 0) is 0 Å². The molecule has 0 aliphatic carbocycles. The molecular formula is C11H10N4O3. The van der Waals surface area contributed by atoms with Crippen molar-refractivity contribution in [3.63, 3.8) is 0 Å². The molecule has 0 fully saturated rings. The van der Waals surface area contributed by atoms with Gasteiger partial charge in [-0.25, -0.2) is 19.7 Å². The van der Waals surface area contributed by atoms with E-state index in [0.717, 1.165) is 0 Å². The second kappa shape index (κ2) is 4.19. The second-order valence-electron chi connectivity index (χ2n) is 3.75.